The molecule has 1 aromatic rings. The molecule has 2 aliphatic rings. The maximum atomic E-state index is 14.6. The van der Waals surface area contributed by atoms with E-state index in [1.54, 1.807) is 16.9 Å². The smallest absolute Gasteiger partial charge is 0.274 e. The van der Waals surface area contributed by atoms with E-state index in [9.17, 15) is 9.18 Å². The predicted molar refractivity (Wildman–Crippen MR) is 84.3 cm³/mol. The van der Waals surface area contributed by atoms with Gasteiger partial charge in [-0.25, -0.2) is 14.4 Å². The Kier molecular flexibility index (Phi) is 3.61. The van der Waals surface area contributed by atoms with E-state index in [0.717, 1.165) is 18.5 Å². The van der Waals surface area contributed by atoms with Crippen molar-refractivity contribution in [2.75, 3.05) is 6.54 Å². The molecule has 2 N–H and O–H groups in total. The summed E-state index contributed by atoms with van der Waals surface area (Å²) in [6, 6.07) is 2.82. The van der Waals surface area contributed by atoms with E-state index in [2.05, 4.69) is 18.4 Å². The van der Waals surface area contributed by atoms with E-state index in [1.807, 2.05) is 0 Å². The molecule has 0 saturated carbocycles. The van der Waals surface area contributed by atoms with Crippen LogP contribution in [0.25, 0.3) is 0 Å². The summed E-state index contributed by atoms with van der Waals surface area (Å²) < 4.78 is 16.8. The standard InChI is InChI=1S/C16H17FN2O2S/c1-9-16(2,8-22)7-13-14-10(3-4-19(9)13)5-11(6-12(14)17)15(20)18-21/h5-6,8,13H,3-4,7H2,1-2H3,(H-,18,20,21)/p+1/t13-,16?/m1/s1. The second-order valence-electron chi connectivity index (χ2n) is 6.26. The number of nitrogens with one attached hydrogen (secondary N) is 1. The molecule has 0 saturated heterocycles. The number of halogens is 1. The molecule has 0 fully saturated rings. The average molecular weight is 321 g/mol. The van der Waals surface area contributed by atoms with E-state index in [1.165, 1.54) is 11.8 Å². The number of rotatable bonds is 2. The fraction of sp³-hybridized carbons (Fsp3) is 0.438. The Morgan fingerprint density at radius 2 is 2.32 bits per heavy atom. The summed E-state index contributed by atoms with van der Waals surface area (Å²) in [5, 5.41) is 10.5. The summed E-state index contributed by atoms with van der Waals surface area (Å²) in [6.45, 7) is 4.92. The third-order valence-corrected chi connectivity index (χ3v) is 5.57. The minimum absolute atomic E-state index is 0.0424. The van der Waals surface area contributed by atoms with Gasteiger partial charge in [-0.05, 0) is 30.0 Å². The first-order valence-electron chi connectivity index (χ1n) is 7.25. The van der Waals surface area contributed by atoms with Gasteiger partial charge in [-0.2, -0.15) is 0 Å². The third kappa shape index (κ3) is 2.09. The van der Waals surface area contributed by atoms with Crippen molar-refractivity contribution in [1.29, 1.82) is 0 Å². The molecule has 3 rings (SSSR count). The number of carbonyl (C=O) groups is 1. The maximum Gasteiger partial charge on any atom is 0.274 e. The highest BCUT2D eigenvalue weighted by molar-refractivity contribution is 7.79. The molecule has 1 amide bonds. The van der Waals surface area contributed by atoms with Crippen LogP contribution in [0.1, 0.15) is 47.8 Å². The van der Waals surface area contributed by atoms with Crippen molar-refractivity contribution in [2.45, 2.75) is 32.7 Å². The number of hydroxylamine groups is 1. The van der Waals surface area contributed by atoms with Gasteiger partial charge in [0, 0.05) is 25.3 Å². The zero-order valence-corrected chi connectivity index (χ0v) is 13.3. The molecule has 2 atom stereocenters. The van der Waals surface area contributed by atoms with E-state index in [0.29, 0.717) is 12.0 Å². The van der Waals surface area contributed by atoms with Gasteiger partial charge in [-0.15, -0.1) is 0 Å². The Morgan fingerprint density at radius 3 is 2.95 bits per heavy atom. The lowest BCUT2D eigenvalue weighted by Crippen LogP contribution is -2.29. The summed E-state index contributed by atoms with van der Waals surface area (Å²) in [6.07, 6.45) is 1.41. The molecule has 2 heterocycles. The molecule has 116 valence electrons. The highest BCUT2D eigenvalue weighted by Gasteiger charge is 2.49. The summed E-state index contributed by atoms with van der Waals surface area (Å²) >= 11 is 5.18. The fourth-order valence-electron chi connectivity index (χ4n) is 3.63. The Morgan fingerprint density at radius 1 is 1.59 bits per heavy atom. The van der Waals surface area contributed by atoms with Gasteiger partial charge in [-0.3, -0.25) is 10.0 Å². The van der Waals surface area contributed by atoms with Crippen LogP contribution in [-0.2, 0) is 6.42 Å². The van der Waals surface area contributed by atoms with Gasteiger partial charge in [0.2, 0.25) is 0 Å². The number of thiocarbonyl (C=S) groups is 1. The van der Waals surface area contributed by atoms with Crippen molar-refractivity contribution in [3.63, 3.8) is 0 Å². The number of carbonyl (C=O) groups excluding carboxylic acids is 1. The maximum absolute atomic E-state index is 14.6. The molecule has 1 aromatic carbocycles. The molecule has 0 aliphatic carbocycles. The molecule has 22 heavy (non-hydrogen) atoms. The molecule has 0 bridgehead atoms. The molecule has 1 unspecified atom stereocenters. The second-order valence-corrected chi connectivity index (χ2v) is 6.49. The van der Waals surface area contributed by atoms with Crippen LogP contribution in [-0.4, -0.2) is 33.3 Å². The van der Waals surface area contributed by atoms with Crippen molar-refractivity contribution in [3.05, 3.63) is 34.6 Å². The monoisotopic (exact) mass is 321 g/mol. The zero-order chi connectivity index (χ0) is 16.1. The van der Waals surface area contributed by atoms with Crippen LogP contribution < -0.4 is 5.48 Å². The predicted octanol–water partition coefficient (Wildman–Crippen LogP) is 2.43. The van der Waals surface area contributed by atoms with Crippen LogP contribution in [0, 0.1) is 11.2 Å². The number of hydrogen-bond acceptors (Lipinski definition) is 3. The van der Waals surface area contributed by atoms with Gasteiger partial charge >= 0.3 is 0 Å². The van der Waals surface area contributed by atoms with Crippen LogP contribution in [0.4, 0.5) is 4.39 Å². The first-order valence-corrected chi connectivity index (χ1v) is 7.72. The summed E-state index contributed by atoms with van der Waals surface area (Å²) in [7, 11) is 0. The van der Waals surface area contributed by atoms with E-state index < -0.39 is 11.7 Å². The Labute approximate surface area is 133 Å². The van der Waals surface area contributed by atoms with Gasteiger partial charge in [0.25, 0.3) is 5.91 Å². The van der Waals surface area contributed by atoms with E-state index in [4.69, 9.17) is 17.4 Å². The molecular weight excluding hydrogens is 303 g/mol. The molecule has 0 radical (unpaired) electrons. The third-order valence-electron chi connectivity index (χ3n) is 5.05. The lowest BCUT2D eigenvalue weighted by molar-refractivity contribution is -0.569. The molecule has 2 aliphatic heterocycles. The Hall–Kier alpha value is -1.66. The van der Waals surface area contributed by atoms with Crippen LogP contribution in [0.3, 0.4) is 0 Å². The van der Waals surface area contributed by atoms with Crippen molar-refractivity contribution < 1.29 is 19.0 Å². The number of nitrogens with zero attached hydrogens (tertiary/aromatic N) is 1. The van der Waals surface area contributed by atoms with Crippen molar-refractivity contribution in [2.24, 2.45) is 5.41 Å². The van der Waals surface area contributed by atoms with Crippen LogP contribution >= 0.6 is 12.2 Å². The van der Waals surface area contributed by atoms with Gasteiger partial charge in [0.15, 0.2) is 11.8 Å². The number of benzene rings is 1. The molecule has 4 nitrogen and oxygen atoms in total. The molecule has 6 heteroatoms. The Balaban J connectivity index is 2.11. The molecular formula is C16H18FN2O2S+. The van der Waals surface area contributed by atoms with Gasteiger partial charge < -0.3 is 0 Å². The van der Waals surface area contributed by atoms with Crippen LogP contribution in [0.5, 0.6) is 0 Å². The number of amides is 1. The van der Waals surface area contributed by atoms with Gasteiger partial charge in [-0.1, -0.05) is 12.2 Å². The zero-order valence-electron chi connectivity index (χ0n) is 12.5. The minimum atomic E-state index is -0.693. The summed E-state index contributed by atoms with van der Waals surface area (Å²) in [5.74, 6) is -1.09. The summed E-state index contributed by atoms with van der Waals surface area (Å²) in [4.78, 5) is 11.5. The van der Waals surface area contributed by atoms with Gasteiger partial charge in [0.1, 0.15) is 12.4 Å². The van der Waals surface area contributed by atoms with Crippen molar-refractivity contribution in [1.82, 2.24) is 5.48 Å². The van der Waals surface area contributed by atoms with Crippen molar-refractivity contribution >= 4 is 29.2 Å². The molecule has 0 aromatic heterocycles. The highest BCUT2D eigenvalue weighted by atomic mass is 32.1. The topological polar surface area (TPSA) is 52.3 Å². The first-order chi connectivity index (χ1) is 10.4. The first kappa shape index (κ1) is 15.2. The van der Waals surface area contributed by atoms with E-state index in [-0.39, 0.29) is 17.0 Å². The second kappa shape index (κ2) is 5.21. The minimum Gasteiger partial charge on any atom is -0.288 e. The van der Waals surface area contributed by atoms with Crippen molar-refractivity contribution in [3.8, 4) is 0 Å². The van der Waals surface area contributed by atoms with Crippen LogP contribution in [0.15, 0.2) is 12.1 Å². The van der Waals surface area contributed by atoms with Gasteiger partial charge in [0.05, 0.1) is 11.0 Å². The average Bonchev–Trinajstić information content (AvgIpc) is 2.78. The summed E-state index contributed by atoms with van der Waals surface area (Å²) in [5.41, 5.74) is 4.16. The quantitative estimate of drug-likeness (QED) is 0.381. The SMILES string of the molecule is CC1=[N+]2CCc3cc(C(=O)NO)cc(F)c3[C@H]2CC1(C)C=S. The number of hydrogen-bond donors (Lipinski definition) is 2. The number of fused-ring (bicyclic) bond motifs is 3. The Bertz CT molecular complexity index is 716. The lowest BCUT2D eigenvalue weighted by atomic mass is 9.82. The lowest BCUT2D eigenvalue weighted by Gasteiger charge is -2.22. The largest absolute Gasteiger partial charge is 0.288 e. The molecule has 0 spiro atoms. The fourth-order valence-corrected chi connectivity index (χ4v) is 3.89. The highest BCUT2D eigenvalue weighted by Crippen LogP contribution is 2.44. The van der Waals surface area contributed by atoms with Crippen LogP contribution in [0.2, 0.25) is 0 Å². The van der Waals surface area contributed by atoms with E-state index >= 15 is 0 Å². The normalized spacial score (nSPS) is 26.5.